The smallest absolute Gasteiger partial charge is 0.356 e. The lowest BCUT2D eigenvalue weighted by Crippen LogP contribution is -2.05. The van der Waals surface area contributed by atoms with Crippen molar-refractivity contribution in [3.8, 4) is 11.5 Å². The van der Waals surface area contributed by atoms with Crippen LogP contribution in [0.1, 0.15) is 16.1 Å². The van der Waals surface area contributed by atoms with Crippen molar-refractivity contribution >= 4 is 68.6 Å². The number of hydrogen-bond acceptors (Lipinski definition) is 6. The van der Waals surface area contributed by atoms with Gasteiger partial charge in [0.1, 0.15) is 10.0 Å². The maximum absolute atomic E-state index is 11.1. The van der Waals surface area contributed by atoms with E-state index in [0.29, 0.717) is 10.0 Å². The number of anilines is 1. The van der Waals surface area contributed by atoms with Crippen LogP contribution in [0.5, 0.6) is 11.5 Å². The minimum atomic E-state index is -1.36. The second-order valence-electron chi connectivity index (χ2n) is 4.48. The van der Waals surface area contributed by atoms with Crippen molar-refractivity contribution in [2.24, 2.45) is 5.10 Å². The molecule has 11 heteroatoms. The minimum Gasteiger partial charge on any atom is -0.503 e. The average molecular weight is 470 g/mol. The summed E-state index contributed by atoms with van der Waals surface area (Å²) >= 11 is 20.9. The van der Waals surface area contributed by atoms with Gasteiger partial charge in [0.25, 0.3) is 0 Å². The number of rotatable bonds is 5. The number of benzene rings is 1. The molecule has 0 aliphatic rings. The van der Waals surface area contributed by atoms with Crippen LogP contribution in [-0.2, 0) is 0 Å². The molecule has 0 bridgehead atoms. The van der Waals surface area contributed by atoms with Gasteiger partial charge in [-0.05, 0) is 33.6 Å². The van der Waals surface area contributed by atoms with Gasteiger partial charge in [0.2, 0.25) is 0 Å². The van der Waals surface area contributed by atoms with Crippen LogP contribution in [0.25, 0.3) is 0 Å². The van der Waals surface area contributed by atoms with E-state index in [2.05, 4.69) is 31.4 Å². The molecule has 0 amide bonds. The summed E-state index contributed by atoms with van der Waals surface area (Å²) < 4.78 is 5.44. The van der Waals surface area contributed by atoms with Crippen LogP contribution in [0.3, 0.4) is 0 Å². The van der Waals surface area contributed by atoms with Crippen molar-refractivity contribution in [3.63, 3.8) is 0 Å². The Balaban J connectivity index is 2.34. The Morgan fingerprint density at radius 3 is 2.64 bits per heavy atom. The van der Waals surface area contributed by atoms with E-state index >= 15 is 0 Å². The molecule has 3 N–H and O–H groups in total. The van der Waals surface area contributed by atoms with Crippen LogP contribution in [0.15, 0.2) is 21.7 Å². The topological polar surface area (TPSA) is 104 Å². The minimum absolute atomic E-state index is 0.00166. The van der Waals surface area contributed by atoms with Gasteiger partial charge in [0.05, 0.1) is 23.5 Å². The number of nitrogens with zero attached hydrogens (tertiary/aromatic N) is 2. The highest BCUT2D eigenvalue weighted by Gasteiger charge is 2.20. The second-order valence-corrected chi connectivity index (χ2v) is 6.45. The number of aromatic hydroxyl groups is 1. The molecule has 2 aromatic rings. The van der Waals surface area contributed by atoms with Gasteiger partial charge in [-0.2, -0.15) is 5.10 Å². The molecule has 0 aliphatic carbocycles. The van der Waals surface area contributed by atoms with Crippen molar-refractivity contribution in [2.75, 3.05) is 12.5 Å². The zero-order valence-electron chi connectivity index (χ0n) is 12.3. The number of nitrogens with one attached hydrogen (secondary N) is 1. The van der Waals surface area contributed by atoms with Gasteiger partial charge in [0, 0.05) is 0 Å². The van der Waals surface area contributed by atoms with Gasteiger partial charge in [-0.1, -0.05) is 34.8 Å². The Morgan fingerprint density at radius 1 is 1.36 bits per heavy atom. The van der Waals surface area contributed by atoms with Gasteiger partial charge in [0.15, 0.2) is 22.3 Å². The molecule has 25 heavy (non-hydrogen) atoms. The first kappa shape index (κ1) is 19.6. The summed E-state index contributed by atoms with van der Waals surface area (Å²) in [6.45, 7) is 0. The van der Waals surface area contributed by atoms with E-state index in [1.807, 2.05) is 0 Å². The fourth-order valence-electron chi connectivity index (χ4n) is 1.75. The number of carboxylic acid groups (broad SMARTS) is 1. The number of hydrazone groups is 1. The summed E-state index contributed by atoms with van der Waals surface area (Å²) in [5, 5.41) is 22.2. The average Bonchev–Trinajstić information content (AvgIpc) is 2.56. The van der Waals surface area contributed by atoms with Gasteiger partial charge >= 0.3 is 5.97 Å². The number of halogens is 4. The number of hydrogen-bond donors (Lipinski definition) is 3. The van der Waals surface area contributed by atoms with E-state index in [0.717, 1.165) is 0 Å². The highest BCUT2D eigenvalue weighted by Crippen LogP contribution is 2.37. The quantitative estimate of drug-likeness (QED) is 0.334. The molecule has 0 radical (unpaired) electrons. The molecule has 7 nitrogen and oxygen atoms in total. The van der Waals surface area contributed by atoms with E-state index in [1.54, 1.807) is 6.07 Å². The summed E-state index contributed by atoms with van der Waals surface area (Å²) in [6.07, 6.45) is 1.38. The van der Waals surface area contributed by atoms with E-state index in [1.165, 1.54) is 19.4 Å². The van der Waals surface area contributed by atoms with Crippen molar-refractivity contribution in [3.05, 3.63) is 43.1 Å². The van der Waals surface area contributed by atoms with E-state index in [9.17, 15) is 9.90 Å². The molecule has 0 atom stereocenters. The lowest BCUT2D eigenvalue weighted by molar-refractivity contribution is 0.0691. The largest absolute Gasteiger partial charge is 0.503 e. The van der Waals surface area contributed by atoms with Crippen LogP contribution in [0, 0.1) is 0 Å². The van der Waals surface area contributed by atoms with E-state index < -0.39 is 11.7 Å². The molecule has 0 fully saturated rings. The van der Waals surface area contributed by atoms with Crippen LogP contribution in [-0.4, -0.2) is 34.5 Å². The zero-order chi connectivity index (χ0) is 18.7. The molecular formula is C14H9BrCl3N3O4. The number of phenolic OH excluding ortho intramolecular Hbond substituents is 1. The fraction of sp³-hybridized carbons (Fsp3) is 0.0714. The third-order valence-corrected chi connectivity index (χ3v) is 4.61. The molecule has 1 aromatic heterocycles. The van der Waals surface area contributed by atoms with Gasteiger partial charge < -0.3 is 14.9 Å². The number of aromatic carboxylic acids is 1. The Kier molecular flexibility index (Phi) is 6.34. The predicted molar refractivity (Wildman–Crippen MR) is 99.8 cm³/mol. The molecule has 132 valence electrons. The van der Waals surface area contributed by atoms with Crippen LogP contribution in [0.4, 0.5) is 5.69 Å². The second kappa shape index (κ2) is 8.09. The molecule has 1 aromatic carbocycles. The number of carboxylic acids is 1. The molecule has 0 saturated carbocycles. The lowest BCUT2D eigenvalue weighted by atomic mass is 10.2. The first-order chi connectivity index (χ1) is 11.8. The van der Waals surface area contributed by atoms with Crippen molar-refractivity contribution in [1.29, 1.82) is 0 Å². The van der Waals surface area contributed by atoms with E-state index in [4.69, 9.17) is 44.6 Å². The molecule has 0 unspecified atom stereocenters. The van der Waals surface area contributed by atoms with Crippen LogP contribution < -0.4 is 10.2 Å². The van der Waals surface area contributed by atoms with Crippen LogP contribution in [0.2, 0.25) is 15.2 Å². The summed E-state index contributed by atoms with van der Waals surface area (Å²) in [6, 6.07) is 3.13. The molecule has 0 spiro atoms. The normalized spacial score (nSPS) is 10.9. The summed E-state index contributed by atoms with van der Waals surface area (Å²) in [4.78, 5) is 14.7. The summed E-state index contributed by atoms with van der Waals surface area (Å²) in [7, 11) is 1.41. The number of ether oxygens (including phenoxy) is 1. The first-order valence-corrected chi connectivity index (χ1v) is 8.32. The third-order valence-electron chi connectivity index (χ3n) is 2.90. The molecule has 0 saturated heterocycles. The van der Waals surface area contributed by atoms with E-state index in [-0.39, 0.29) is 32.4 Å². The third kappa shape index (κ3) is 4.27. The Morgan fingerprint density at radius 2 is 2.04 bits per heavy atom. The highest BCUT2D eigenvalue weighted by atomic mass is 79.9. The van der Waals surface area contributed by atoms with Crippen molar-refractivity contribution in [2.45, 2.75) is 0 Å². The molecule has 0 aliphatic heterocycles. The standard InChI is InChI=1S/C14H9BrCl3N3O4/c1-25-7-3-5(2-6(15)12(7)22)4-19-21-10-8(16)11(14(23)24)20-13(18)9(10)17/h2-4,22H,1H3,(H,20,21)(H,23,24). The molecular weight excluding hydrogens is 460 g/mol. The molecule has 2 rings (SSSR count). The zero-order valence-corrected chi connectivity index (χ0v) is 16.2. The van der Waals surface area contributed by atoms with Gasteiger partial charge in [-0.25, -0.2) is 9.78 Å². The number of carbonyl (C=O) groups is 1. The van der Waals surface area contributed by atoms with Crippen LogP contribution >= 0.6 is 50.7 Å². The maximum Gasteiger partial charge on any atom is 0.356 e. The summed E-state index contributed by atoms with van der Waals surface area (Å²) in [5.41, 5.74) is 2.65. The Bertz CT molecular complexity index is 877. The monoisotopic (exact) mass is 467 g/mol. The molecule has 1 heterocycles. The SMILES string of the molecule is COc1cc(C=NNc2c(Cl)c(Cl)nc(C(=O)O)c2Cl)cc(Br)c1O. The number of pyridine rings is 1. The number of aromatic nitrogens is 1. The first-order valence-electron chi connectivity index (χ1n) is 6.39. The number of phenols is 1. The number of methoxy groups -OCH3 is 1. The van der Waals surface area contributed by atoms with Gasteiger partial charge in [-0.15, -0.1) is 0 Å². The lowest BCUT2D eigenvalue weighted by Gasteiger charge is -2.10. The van der Waals surface area contributed by atoms with Crippen molar-refractivity contribution < 1.29 is 19.7 Å². The van der Waals surface area contributed by atoms with Crippen molar-refractivity contribution in [1.82, 2.24) is 4.98 Å². The van der Waals surface area contributed by atoms with Gasteiger partial charge in [-0.3, -0.25) is 5.43 Å². The highest BCUT2D eigenvalue weighted by molar-refractivity contribution is 9.10. The predicted octanol–water partition coefficient (Wildman–Crippen LogP) is 4.66. The fourth-order valence-corrected chi connectivity index (χ4v) is 2.88. The Labute approximate surface area is 165 Å². The summed E-state index contributed by atoms with van der Waals surface area (Å²) in [5.74, 6) is -1.17. The Hall–Kier alpha value is -1.74. The maximum atomic E-state index is 11.1.